The van der Waals surface area contributed by atoms with Crippen LogP contribution in [0.4, 0.5) is 11.4 Å². The fraction of sp³-hybridized carbons (Fsp3) is 0.143. The number of aromatic nitrogens is 1. The van der Waals surface area contributed by atoms with E-state index in [1.165, 1.54) is 5.56 Å². The summed E-state index contributed by atoms with van der Waals surface area (Å²) in [7, 11) is 0. The minimum Gasteiger partial charge on any atom is -0.385 e. The van der Waals surface area contributed by atoms with E-state index in [-0.39, 0.29) is 5.91 Å². The van der Waals surface area contributed by atoms with Crippen LogP contribution in [0.3, 0.4) is 0 Å². The summed E-state index contributed by atoms with van der Waals surface area (Å²) in [5, 5.41) is 6.92. The minimum atomic E-state index is -0.227. The lowest BCUT2D eigenvalue weighted by molar-refractivity contribution is 0.102. The molecule has 0 aliphatic heterocycles. The van der Waals surface area contributed by atoms with Crippen molar-refractivity contribution in [1.82, 2.24) is 4.98 Å². The summed E-state index contributed by atoms with van der Waals surface area (Å²) in [6, 6.07) is 19.1. The number of pyridine rings is 1. The van der Waals surface area contributed by atoms with Gasteiger partial charge in [-0.15, -0.1) is 0 Å². The van der Waals surface area contributed by atoms with Crippen LogP contribution < -0.4 is 10.6 Å². The molecule has 4 nitrogen and oxygen atoms in total. The molecular formula is C21H20ClN3O. The first-order valence-corrected chi connectivity index (χ1v) is 8.80. The first-order chi connectivity index (χ1) is 12.6. The highest BCUT2D eigenvalue weighted by Crippen LogP contribution is 2.14. The number of aryl methyl sites for hydroxylation is 1. The SMILES string of the molecule is Cc1ccc(NC(=O)c2cc(NCCc3ccc(Cl)cc3)ccn2)cc1. The third-order valence-corrected chi connectivity index (χ3v) is 4.21. The Morgan fingerprint density at radius 1 is 1.00 bits per heavy atom. The number of nitrogens with one attached hydrogen (secondary N) is 2. The van der Waals surface area contributed by atoms with Crippen LogP contribution in [0.15, 0.2) is 66.9 Å². The predicted octanol–water partition coefficient (Wildman–Crippen LogP) is 4.95. The molecule has 0 spiro atoms. The van der Waals surface area contributed by atoms with E-state index < -0.39 is 0 Å². The number of hydrogen-bond acceptors (Lipinski definition) is 3. The van der Waals surface area contributed by atoms with Gasteiger partial charge in [-0.1, -0.05) is 41.4 Å². The lowest BCUT2D eigenvalue weighted by Crippen LogP contribution is -2.14. The van der Waals surface area contributed by atoms with Crippen LogP contribution in [0.5, 0.6) is 0 Å². The Hall–Kier alpha value is -2.85. The van der Waals surface area contributed by atoms with Crippen LogP contribution in [0.1, 0.15) is 21.6 Å². The van der Waals surface area contributed by atoms with Crippen LogP contribution in [0, 0.1) is 6.92 Å². The van der Waals surface area contributed by atoms with Crippen molar-refractivity contribution in [1.29, 1.82) is 0 Å². The molecule has 3 rings (SSSR count). The zero-order chi connectivity index (χ0) is 18.4. The molecule has 0 saturated carbocycles. The normalized spacial score (nSPS) is 10.4. The molecule has 0 unspecified atom stereocenters. The van der Waals surface area contributed by atoms with E-state index in [9.17, 15) is 4.79 Å². The Balaban J connectivity index is 1.57. The first kappa shape index (κ1) is 18.0. The molecule has 1 heterocycles. The van der Waals surface area contributed by atoms with Crippen LogP contribution in [-0.4, -0.2) is 17.4 Å². The van der Waals surface area contributed by atoms with Crippen LogP contribution in [-0.2, 0) is 6.42 Å². The molecule has 0 saturated heterocycles. The topological polar surface area (TPSA) is 54.0 Å². The second-order valence-electron chi connectivity index (χ2n) is 6.05. The highest BCUT2D eigenvalue weighted by Gasteiger charge is 2.08. The third-order valence-electron chi connectivity index (χ3n) is 3.96. The Labute approximate surface area is 158 Å². The Bertz CT molecular complexity index is 877. The lowest BCUT2D eigenvalue weighted by atomic mass is 10.1. The van der Waals surface area contributed by atoms with Crippen molar-refractivity contribution in [3.8, 4) is 0 Å². The number of nitrogens with zero attached hydrogens (tertiary/aromatic N) is 1. The van der Waals surface area contributed by atoms with Gasteiger partial charge in [-0.05, 0) is 55.3 Å². The van der Waals surface area contributed by atoms with E-state index in [1.54, 1.807) is 12.3 Å². The number of rotatable bonds is 6. The summed E-state index contributed by atoms with van der Waals surface area (Å²) in [5.41, 5.74) is 4.34. The standard InChI is InChI=1S/C21H20ClN3O/c1-15-2-8-18(9-3-15)25-21(26)20-14-19(11-13-24-20)23-12-10-16-4-6-17(22)7-5-16/h2-9,11,13-14H,10,12H2,1H3,(H,23,24)(H,25,26). The van der Waals surface area contributed by atoms with E-state index >= 15 is 0 Å². The number of carbonyl (C=O) groups is 1. The summed E-state index contributed by atoms with van der Waals surface area (Å²) < 4.78 is 0. The second-order valence-corrected chi connectivity index (χ2v) is 6.49. The van der Waals surface area contributed by atoms with E-state index in [0.29, 0.717) is 5.69 Å². The van der Waals surface area contributed by atoms with Crippen molar-refractivity contribution < 1.29 is 4.79 Å². The van der Waals surface area contributed by atoms with Crippen LogP contribution >= 0.6 is 11.6 Å². The summed E-state index contributed by atoms with van der Waals surface area (Å²) in [4.78, 5) is 16.5. The highest BCUT2D eigenvalue weighted by molar-refractivity contribution is 6.30. The molecule has 2 aromatic carbocycles. The first-order valence-electron chi connectivity index (χ1n) is 8.42. The monoisotopic (exact) mass is 365 g/mol. The number of carbonyl (C=O) groups excluding carboxylic acids is 1. The average Bonchev–Trinajstić information content (AvgIpc) is 2.65. The maximum Gasteiger partial charge on any atom is 0.274 e. The zero-order valence-electron chi connectivity index (χ0n) is 14.5. The summed E-state index contributed by atoms with van der Waals surface area (Å²) in [5.74, 6) is -0.227. The van der Waals surface area contributed by atoms with Crippen molar-refractivity contribution >= 4 is 28.9 Å². The lowest BCUT2D eigenvalue weighted by Gasteiger charge is -2.09. The van der Waals surface area contributed by atoms with Crippen LogP contribution in [0.25, 0.3) is 0 Å². The van der Waals surface area contributed by atoms with Gasteiger partial charge in [-0.3, -0.25) is 9.78 Å². The molecule has 2 N–H and O–H groups in total. The van der Waals surface area contributed by atoms with Crippen molar-refractivity contribution in [3.05, 3.63) is 88.7 Å². The van der Waals surface area contributed by atoms with Gasteiger partial charge in [0, 0.05) is 29.1 Å². The number of amides is 1. The number of benzene rings is 2. The van der Waals surface area contributed by atoms with Gasteiger partial charge in [0.25, 0.3) is 5.91 Å². The quantitative estimate of drug-likeness (QED) is 0.649. The molecule has 0 atom stereocenters. The molecule has 0 bridgehead atoms. The van der Waals surface area contributed by atoms with Gasteiger partial charge in [-0.2, -0.15) is 0 Å². The second kappa shape index (κ2) is 8.50. The van der Waals surface area contributed by atoms with Crippen molar-refractivity contribution in [2.24, 2.45) is 0 Å². The predicted molar refractivity (Wildman–Crippen MR) is 107 cm³/mol. The molecule has 3 aromatic rings. The van der Waals surface area contributed by atoms with Crippen molar-refractivity contribution in [3.63, 3.8) is 0 Å². The fourth-order valence-electron chi connectivity index (χ4n) is 2.50. The summed E-state index contributed by atoms with van der Waals surface area (Å²) in [6.07, 6.45) is 2.50. The van der Waals surface area contributed by atoms with E-state index in [2.05, 4.69) is 15.6 Å². The number of anilines is 2. The molecule has 5 heteroatoms. The molecule has 0 aliphatic carbocycles. The Morgan fingerprint density at radius 2 is 1.73 bits per heavy atom. The molecule has 1 amide bonds. The number of halogens is 1. The largest absolute Gasteiger partial charge is 0.385 e. The minimum absolute atomic E-state index is 0.227. The molecule has 132 valence electrons. The molecular weight excluding hydrogens is 346 g/mol. The molecule has 26 heavy (non-hydrogen) atoms. The van der Waals surface area contributed by atoms with Gasteiger partial charge in [0.1, 0.15) is 5.69 Å². The molecule has 0 fully saturated rings. The number of hydrogen-bond donors (Lipinski definition) is 2. The van der Waals surface area contributed by atoms with Gasteiger partial charge in [-0.25, -0.2) is 0 Å². The maximum atomic E-state index is 12.4. The molecule has 0 radical (unpaired) electrons. The van der Waals surface area contributed by atoms with Gasteiger partial charge < -0.3 is 10.6 Å². The van der Waals surface area contributed by atoms with Gasteiger partial charge >= 0.3 is 0 Å². The smallest absolute Gasteiger partial charge is 0.274 e. The van der Waals surface area contributed by atoms with Crippen molar-refractivity contribution in [2.45, 2.75) is 13.3 Å². The third kappa shape index (κ3) is 5.07. The van der Waals surface area contributed by atoms with Gasteiger partial charge in [0.2, 0.25) is 0 Å². The summed E-state index contributed by atoms with van der Waals surface area (Å²) >= 11 is 5.89. The van der Waals surface area contributed by atoms with E-state index in [4.69, 9.17) is 11.6 Å². The fourth-order valence-corrected chi connectivity index (χ4v) is 2.62. The zero-order valence-corrected chi connectivity index (χ0v) is 15.3. The Kier molecular flexibility index (Phi) is 5.87. The van der Waals surface area contributed by atoms with Gasteiger partial charge in [0.05, 0.1) is 0 Å². The molecule has 1 aromatic heterocycles. The average molecular weight is 366 g/mol. The van der Waals surface area contributed by atoms with Crippen molar-refractivity contribution in [2.75, 3.05) is 17.2 Å². The Morgan fingerprint density at radius 3 is 2.46 bits per heavy atom. The van der Waals surface area contributed by atoms with E-state index in [1.807, 2.05) is 61.5 Å². The highest BCUT2D eigenvalue weighted by atomic mass is 35.5. The maximum absolute atomic E-state index is 12.4. The molecule has 0 aliphatic rings. The van der Waals surface area contributed by atoms with Gasteiger partial charge in [0.15, 0.2) is 0 Å². The summed E-state index contributed by atoms with van der Waals surface area (Å²) in [6.45, 7) is 2.76. The van der Waals surface area contributed by atoms with E-state index in [0.717, 1.165) is 34.9 Å². The van der Waals surface area contributed by atoms with Crippen LogP contribution in [0.2, 0.25) is 5.02 Å².